The molecule has 1 aromatic heterocycles. The van der Waals surface area contributed by atoms with E-state index in [0.717, 1.165) is 11.1 Å². The molecule has 0 fully saturated rings. The maximum Gasteiger partial charge on any atom is 0.227 e. The molecule has 0 unspecified atom stereocenters. The summed E-state index contributed by atoms with van der Waals surface area (Å²) in [6.07, 6.45) is 0. The lowest BCUT2D eigenvalue weighted by Gasteiger charge is -1.94. The average Bonchev–Trinajstić information content (AvgIpc) is 2.72. The third-order valence-electron chi connectivity index (χ3n) is 2.53. The molecular weight excluding hydrogens is 216 g/mol. The van der Waals surface area contributed by atoms with Gasteiger partial charge in [0, 0.05) is 11.3 Å². The summed E-state index contributed by atoms with van der Waals surface area (Å²) < 4.78 is 5.60. The van der Waals surface area contributed by atoms with Gasteiger partial charge in [0.1, 0.15) is 11.3 Å². The Bertz CT molecular complexity index is 671. The number of aromatic nitrogens is 1. The summed E-state index contributed by atoms with van der Waals surface area (Å²) in [7, 11) is 0. The number of fused-ring (bicyclic) bond motifs is 1. The van der Waals surface area contributed by atoms with Crippen LogP contribution in [0.1, 0.15) is 0 Å². The largest absolute Gasteiger partial charge is 0.508 e. The van der Waals surface area contributed by atoms with Gasteiger partial charge in [0.25, 0.3) is 0 Å². The zero-order chi connectivity index (χ0) is 11.8. The Morgan fingerprint density at radius 2 is 1.82 bits per heavy atom. The molecule has 3 aromatic rings. The highest BCUT2D eigenvalue weighted by molar-refractivity contribution is 5.79. The Morgan fingerprint density at radius 3 is 2.59 bits per heavy atom. The standard InChI is InChI=1S/C13H10N2O2/c14-9-3-6-12-11(7-9)15-13(17-12)8-1-4-10(16)5-2-8/h1-7,16H,14H2. The van der Waals surface area contributed by atoms with Gasteiger partial charge in [0.2, 0.25) is 5.89 Å². The SMILES string of the molecule is Nc1ccc2oc(-c3ccc(O)cc3)nc2c1. The fourth-order valence-corrected chi connectivity index (χ4v) is 1.67. The Balaban J connectivity index is 2.14. The molecule has 0 aliphatic rings. The predicted molar refractivity (Wildman–Crippen MR) is 65.5 cm³/mol. The van der Waals surface area contributed by atoms with Crippen molar-refractivity contribution in [2.45, 2.75) is 0 Å². The normalized spacial score (nSPS) is 10.8. The molecule has 0 aliphatic carbocycles. The summed E-state index contributed by atoms with van der Waals surface area (Å²) in [5.41, 5.74) is 8.58. The topological polar surface area (TPSA) is 72.3 Å². The number of nitrogens with two attached hydrogens (primary N) is 1. The van der Waals surface area contributed by atoms with Crippen molar-refractivity contribution >= 4 is 16.8 Å². The number of rotatable bonds is 1. The van der Waals surface area contributed by atoms with Gasteiger partial charge in [-0.1, -0.05) is 0 Å². The lowest BCUT2D eigenvalue weighted by molar-refractivity contribution is 0.475. The lowest BCUT2D eigenvalue weighted by atomic mass is 10.2. The van der Waals surface area contributed by atoms with Crippen LogP contribution in [-0.2, 0) is 0 Å². The van der Waals surface area contributed by atoms with Crippen molar-refractivity contribution in [3.05, 3.63) is 42.5 Å². The van der Waals surface area contributed by atoms with Gasteiger partial charge in [-0.15, -0.1) is 0 Å². The van der Waals surface area contributed by atoms with E-state index in [0.29, 0.717) is 17.2 Å². The molecule has 3 N–H and O–H groups in total. The molecule has 0 aliphatic heterocycles. The molecule has 0 atom stereocenters. The average molecular weight is 226 g/mol. The lowest BCUT2D eigenvalue weighted by Crippen LogP contribution is -1.82. The number of hydrogen-bond acceptors (Lipinski definition) is 4. The van der Waals surface area contributed by atoms with Crippen molar-refractivity contribution in [2.24, 2.45) is 0 Å². The Labute approximate surface area is 97.3 Å². The first-order valence-electron chi connectivity index (χ1n) is 5.18. The molecule has 3 rings (SSSR count). The second-order valence-corrected chi connectivity index (χ2v) is 3.79. The van der Waals surface area contributed by atoms with Crippen molar-refractivity contribution in [3.8, 4) is 17.2 Å². The van der Waals surface area contributed by atoms with E-state index in [4.69, 9.17) is 10.2 Å². The Morgan fingerprint density at radius 1 is 1.06 bits per heavy atom. The smallest absolute Gasteiger partial charge is 0.227 e. The molecule has 0 radical (unpaired) electrons. The van der Waals surface area contributed by atoms with Crippen LogP contribution in [0.5, 0.6) is 5.75 Å². The van der Waals surface area contributed by atoms with Crippen LogP contribution in [0.25, 0.3) is 22.6 Å². The Hall–Kier alpha value is -2.49. The molecule has 0 spiro atoms. The van der Waals surface area contributed by atoms with Crippen LogP contribution >= 0.6 is 0 Å². The zero-order valence-corrected chi connectivity index (χ0v) is 8.92. The third-order valence-corrected chi connectivity index (χ3v) is 2.53. The molecule has 4 nitrogen and oxygen atoms in total. The van der Waals surface area contributed by atoms with Gasteiger partial charge in [0.15, 0.2) is 5.58 Å². The number of phenolic OH excluding ortho intramolecular Hbond substituents is 1. The van der Waals surface area contributed by atoms with E-state index >= 15 is 0 Å². The maximum atomic E-state index is 9.21. The van der Waals surface area contributed by atoms with E-state index in [1.54, 1.807) is 42.5 Å². The summed E-state index contributed by atoms with van der Waals surface area (Å²) in [5.74, 6) is 0.736. The van der Waals surface area contributed by atoms with Gasteiger partial charge in [-0.25, -0.2) is 4.98 Å². The van der Waals surface area contributed by atoms with Gasteiger partial charge in [0.05, 0.1) is 0 Å². The van der Waals surface area contributed by atoms with Crippen molar-refractivity contribution < 1.29 is 9.52 Å². The number of phenols is 1. The minimum absolute atomic E-state index is 0.217. The summed E-state index contributed by atoms with van der Waals surface area (Å²) in [4.78, 5) is 4.35. The highest BCUT2D eigenvalue weighted by atomic mass is 16.3. The molecule has 2 aromatic carbocycles. The molecule has 0 amide bonds. The van der Waals surface area contributed by atoms with E-state index in [1.165, 1.54) is 0 Å². The number of oxazole rings is 1. The highest BCUT2D eigenvalue weighted by Crippen LogP contribution is 2.26. The number of nitrogen functional groups attached to an aromatic ring is 1. The molecule has 0 saturated carbocycles. The third kappa shape index (κ3) is 1.69. The minimum atomic E-state index is 0.217. The Kier molecular flexibility index (Phi) is 2.01. The second kappa shape index (κ2) is 3.52. The van der Waals surface area contributed by atoms with Crippen LogP contribution in [0.15, 0.2) is 46.9 Å². The van der Waals surface area contributed by atoms with Gasteiger partial charge in [-0.2, -0.15) is 0 Å². The van der Waals surface area contributed by atoms with Crippen molar-refractivity contribution in [3.63, 3.8) is 0 Å². The first kappa shape index (κ1) is 9.72. The van der Waals surface area contributed by atoms with Crippen LogP contribution in [0.2, 0.25) is 0 Å². The van der Waals surface area contributed by atoms with Crippen molar-refractivity contribution in [1.29, 1.82) is 0 Å². The quantitative estimate of drug-likeness (QED) is 0.626. The van der Waals surface area contributed by atoms with Crippen LogP contribution in [0.3, 0.4) is 0 Å². The monoisotopic (exact) mass is 226 g/mol. The summed E-state index contributed by atoms with van der Waals surface area (Å²) in [6, 6.07) is 12.0. The molecule has 0 bridgehead atoms. The number of benzene rings is 2. The molecule has 1 heterocycles. The zero-order valence-electron chi connectivity index (χ0n) is 8.92. The fraction of sp³-hybridized carbons (Fsp3) is 0. The van der Waals surface area contributed by atoms with Crippen LogP contribution in [0.4, 0.5) is 5.69 Å². The second-order valence-electron chi connectivity index (χ2n) is 3.79. The molecule has 17 heavy (non-hydrogen) atoms. The predicted octanol–water partition coefficient (Wildman–Crippen LogP) is 2.78. The summed E-state index contributed by atoms with van der Waals surface area (Å²) in [6.45, 7) is 0. The number of aromatic hydroxyl groups is 1. The van der Waals surface area contributed by atoms with E-state index in [-0.39, 0.29) is 5.75 Å². The highest BCUT2D eigenvalue weighted by Gasteiger charge is 2.07. The van der Waals surface area contributed by atoms with Crippen LogP contribution < -0.4 is 5.73 Å². The van der Waals surface area contributed by atoms with E-state index in [9.17, 15) is 5.11 Å². The van der Waals surface area contributed by atoms with Crippen molar-refractivity contribution in [2.75, 3.05) is 5.73 Å². The van der Waals surface area contributed by atoms with Gasteiger partial charge >= 0.3 is 0 Å². The van der Waals surface area contributed by atoms with Crippen LogP contribution in [-0.4, -0.2) is 10.1 Å². The number of anilines is 1. The van der Waals surface area contributed by atoms with E-state index in [2.05, 4.69) is 4.98 Å². The summed E-state index contributed by atoms with van der Waals surface area (Å²) in [5, 5.41) is 9.21. The first-order chi connectivity index (χ1) is 8.22. The minimum Gasteiger partial charge on any atom is -0.508 e. The first-order valence-corrected chi connectivity index (χ1v) is 5.18. The van der Waals surface area contributed by atoms with Crippen LogP contribution in [0, 0.1) is 0 Å². The van der Waals surface area contributed by atoms with Crippen molar-refractivity contribution in [1.82, 2.24) is 4.98 Å². The number of nitrogens with zero attached hydrogens (tertiary/aromatic N) is 1. The summed E-state index contributed by atoms with van der Waals surface area (Å²) >= 11 is 0. The van der Waals surface area contributed by atoms with Gasteiger partial charge in [-0.3, -0.25) is 0 Å². The fourth-order valence-electron chi connectivity index (χ4n) is 1.67. The maximum absolute atomic E-state index is 9.21. The van der Waals surface area contributed by atoms with Gasteiger partial charge in [-0.05, 0) is 42.5 Å². The van der Waals surface area contributed by atoms with Gasteiger partial charge < -0.3 is 15.3 Å². The van der Waals surface area contributed by atoms with E-state index < -0.39 is 0 Å². The molecule has 4 heteroatoms. The molecular formula is C13H10N2O2. The molecule has 0 saturated heterocycles. The molecule has 84 valence electrons. The number of hydrogen-bond donors (Lipinski definition) is 2. The van der Waals surface area contributed by atoms with E-state index in [1.807, 2.05) is 0 Å².